The lowest BCUT2D eigenvalue weighted by molar-refractivity contribution is -0.384. The number of hydrazone groups is 1. The highest BCUT2D eigenvalue weighted by atomic mass is 35.5. The molecule has 0 radical (unpaired) electrons. The Labute approximate surface area is 162 Å². The summed E-state index contributed by atoms with van der Waals surface area (Å²) in [5.41, 5.74) is 1.75. The Bertz CT molecular complexity index is 919. The van der Waals surface area contributed by atoms with Crippen LogP contribution in [0.2, 0.25) is 5.02 Å². The van der Waals surface area contributed by atoms with Crippen LogP contribution in [0.4, 0.5) is 24.5 Å². The lowest BCUT2D eigenvalue weighted by Gasteiger charge is -2.14. The van der Waals surface area contributed by atoms with Gasteiger partial charge < -0.3 is 5.32 Å². The Balaban J connectivity index is 2.14. The van der Waals surface area contributed by atoms with Crippen molar-refractivity contribution in [3.63, 3.8) is 0 Å². The number of benzene rings is 2. The molecule has 0 aliphatic carbocycles. The molecule has 6 nitrogen and oxygen atoms in total. The van der Waals surface area contributed by atoms with Crippen LogP contribution in [0.5, 0.6) is 0 Å². The number of hydrogen-bond donors (Lipinski definition) is 2. The number of nitrogens with one attached hydrogen (secondary N) is 2. The SMILES string of the molecule is C/C(=N\NC(=S)Nc1ccccc1C(F)(F)F)c1ccc(Cl)c([N+](=O)[O-])c1. The zero-order valence-corrected chi connectivity index (χ0v) is 15.2. The van der Waals surface area contributed by atoms with E-state index in [9.17, 15) is 23.3 Å². The molecule has 0 aliphatic rings. The molecule has 0 spiro atoms. The van der Waals surface area contributed by atoms with Crippen molar-refractivity contribution in [1.82, 2.24) is 5.43 Å². The Morgan fingerprint density at radius 1 is 1.26 bits per heavy atom. The number of anilines is 1. The summed E-state index contributed by atoms with van der Waals surface area (Å²) in [4.78, 5) is 10.3. The summed E-state index contributed by atoms with van der Waals surface area (Å²) in [5, 5.41) is 17.1. The van der Waals surface area contributed by atoms with Crippen LogP contribution in [0.25, 0.3) is 0 Å². The van der Waals surface area contributed by atoms with Crippen molar-refractivity contribution in [2.75, 3.05) is 5.32 Å². The van der Waals surface area contributed by atoms with Crippen LogP contribution >= 0.6 is 23.8 Å². The average Bonchev–Trinajstić information content (AvgIpc) is 2.59. The fourth-order valence-corrected chi connectivity index (χ4v) is 2.41. The molecule has 0 aliphatic heterocycles. The van der Waals surface area contributed by atoms with Gasteiger partial charge in [-0.2, -0.15) is 18.3 Å². The summed E-state index contributed by atoms with van der Waals surface area (Å²) >= 11 is 10.7. The Morgan fingerprint density at radius 3 is 2.56 bits per heavy atom. The second kappa shape index (κ2) is 8.31. The van der Waals surface area contributed by atoms with Crippen molar-refractivity contribution in [1.29, 1.82) is 0 Å². The van der Waals surface area contributed by atoms with Crippen molar-refractivity contribution in [3.8, 4) is 0 Å². The van der Waals surface area contributed by atoms with Gasteiger partial charge in [-0.05, 0) is 37.3 Å². The van der Waals surface area contributed by atoms with Gasteiger partial charge in [-0.15, -0.1) is 0 Å². The summed E-state index contributed by atoms with van der Waals surface area (Å²) in [6.07, 6.45) is -4.54. The van der Waals surface area contributed by atoms with Crippen LogP contribution in [0.15, 0.2) is 47.6 Å². The zero-order chi connectivity index (χ0) is 20.2. The van der Waals surface area contributed by atoms with Gasteiger partial charge >= 0.3 is 6.18 Å². The number of rotatable bonds is 4. The highest BCUT2D eigenvalue weighted by Gasteiger charge is 2.33. The lowest BCUT2D eigenvalue weighted by atomic mass is 10.1. The topological polar surface area (TPSA) is 79.6 Å². The molecule has 2 N–H and O–H groups in total. The summed E-state index contributed by atoms with van der Waals surface area (Å²) in [6.45, 7) is 1.55. The molecule has 0 atom stereocenters. The van der Waals surface area contributed by atoms with E-state index in [1.165, 1.54) is 36.4 Å². The number of alkyl halides is 3. The Morgan fingerprint density at radius 2 is 1.93 bits per heavy atom. The fraction of sp³-hybridized carbons (Fsp3) is 0.125. The second-order valence-corrected chi connectivity index (χ2v) is 6.05. The van der Waals surface area contributed by atoms with Crippen LogP contribution in [0.1, 0.15) is 18.1 Å². The number of para-hydroxylation sites is 1. The first-order valence-corrected chi connectivity index (χ1v) is 8.10. The maximum Gasteiger partial charge on any atom is 0.418 e. The minimum Gasteiger partial charge on any atom is -0.331 e. The van der Waals surface area contributed by atoms with E-state index in [2.05, 4.69) is 15.8 Å². The molecule has 0 aromatic heterocycles. The van der Waals surface area contributed by atoms with E-state index in [-0.39, 0.29) is 21.5 Å². The van der Waals surface area contributed by atoms with Crippen LogP contribution in [-0.2, 0) is 6.18 Å². The van der Waals surface area contributed by atoms with Gasteiger partial charge in [0, 0.05) is 11.6 Å². The molecule has 27 heavy (non-hydrogen) atoms. The maximum absolute atomic E-state index is 13.0. The largest absolute Gasteiger partial charge is 0.418 e. The van der Waals surface area contributed by atoms with Crippen molar-refractivity contribution in [2.24, 2.45) is 5.10 Å². The van der Waals surface area contributed by atoms with E-state index >= 15 is 0 Å². The Kier molecular flexibility index (Phi) is 6.34. The van der Waals surface area contributed by atoms with E-state index < -0.39 is 16.7 Å². The highest BCUT2D eigenvalue weighted by Crippen LogP contribution is 2.34. The first kappa shape index (κ1) is 20.6. The molecule has 2 aromatic carbocycles. The average molecular weight is 417 g/mol. The fourth-order valence-electron chi connectivity index (χ4n) is 2.07. The van der Waals surface area contributed by atoms with Gasteiger partial charge in [-0.25, -0.2) is 0 Å². The van der Waals surface area contributed by atoms with E-state index in [0.29, 0.717) is 11.3 Å². The second-order valence-electron chi connectivity index (χ2n) is 5.23. The third-order valence-corrected chi connectivity index (χ3v) is 3.88. The molecule has 0 saturated heterocycles. The molecule has 0 fully saturated rings. The quantitative estimate of drug-likeness (QED) is 0.318. The standard InChI is InChI=1S/C16H12ClF3N4O2S/c1-9(10-6-7-12(17)14(8-10)24(25)26)22-23-15(27)21-13-5-3-2-4-11(13)16(18,19)20/h2-8H,1H3,(H2,21,23,27)/b22-9+. The first-order valence-electron chi connectivity index (χ1n) is 7.31. The van der Waals surface area contributed by atoms with E-state index in [4.69, 9.17) is 23.8 Å². The number of nitro groups is 1. The van der Waals surface area contributed by atoms with Gasteiger partial charge in [0.05, 0.1) is 21.9 Å². The van der Waals surface area contributed by atoms with Gasteiger partial charge in [-0.3, -0.25) is 15.5 Å². The third kappa shape index (κ3) is 5.38. The summed E-state index contributed by atoms with van der Waals surface area (Å²) in [5.74, 6) is 0. The van der Waals surface area contributed by atoms with Crippen molar-refractivity contribution in [2.45, 2.75) is 13.1 Å². The number of hydrogen-bond acceptors (Lipinski definition) is 4. The third-order valence-electron chi connectivity index (χ3n) is 3.37. The molecule has 0 heterocycles. The van der Waals surface area contributed by atoms with Gasteiger partial charge in [0.2, 0.25) is 0 Å². The molecule has 0 bridgehead atoms. The molecule has 2 aromatic rings. The molecule has 0 amide bonds. The normalized spacial score (nSPS) is 11.8. The first-order chi connectivity index (χ1) is 12.6. The van der Waals surface area contributed by atoms with Crippen LogP contribution in [0, 0.1) is 10.1 Å². The van der Waals surface area contributed by atoms with Crippen molar-refractivity contribution >= 4 is 46.0 Å². The summed E-state index contributed by atoms with van der Waals surface area (Å²) in [6, 6.07) is 8.96. The molecule has 11 heteroatoms. The number of thiocarbonyl (C=S) groups is 1. The van der Waals surface area contributed by atoms with E-state index in [1.54, 1.807) is 6.92 Å². The zero-order valence-electron chi connectivity index (χ0n) is 13.7. The van der Waals surface area contributed by atoms with Gasteiger partial charge in [-0.1, -0.05) is 29.8 Å². The summed E-state index contributed by atoms with van der Waals surface area (Å²) in [7, 11) is 0. The van der Waals surface area contributed by atoms with Gasteiger partial charge in [0.1, 0.15) is 5.02 Å². The predicted molar refractivity (Wildman–Crippen MR) is 101 cm³/mol. The molecule has 2 rings (SSSR count). The number of nitrogens with zero attached hydrogens (tertiary/aromatic N) is 2. The molecule has 142 valence electrons. The Hall–Kier alpha value is -2.72. The monoisotopic (exact) mass is 416 g/mol. The van der Waals surface area contributed by atoms with Crippen molar-refractivity contribution in [3.05, 3.63) is 68.7 Å². The number of nitro benzene ring substituents is 1. The smallest absolute Gasteiger partial charge is 0.331 e. The summed E-state index contributed by atoms with van der Waals surface area (Å²) < 4.78 is 38.9. The van der Waals surface area contributed by atoms with E-state index in [1.807, 2.05) is 0 Å². The van der Waals surface area contributed by atoms with Crippen LogP contribution < -0.4 is 10.7 Å². The minimum absolute atomic E-state index is 0.0227. The number of halogens is 4. The molecule has 0 saturated carbocycles. The van der Waals surface area contributed by atoms with Gasteiger partial charge in [0.25, 0.3) is 5.69 Å². The van der Waals surface area contributed by atoms with Gasteiger partial charge in [0.15, 0.2) is 5.11 Å². The molecular weight excluding hydrogens is 405 g/mol. The maximum atomic E-state index is 13.0. The molecule has 0 unspecified atom stereocenters. The molecular formula is C16H12ClF3N4O2S. The lowest BCUT2D eigenvalue weighted by Crippen LogP contribution is -2.26. The van der Waals surface area contributed by atoms with Crippen LogP contribution in [0.3, 0.4) is 0 Å². The van der Waals surface area contributed by atoms with Crippen LogP contribution in [-0.4, -0.2) is 15.7 Å². The van der Waals surface area contributed by atoms with Crippen molar-refractivity contribution < 1.29 is 18.1 Å². The predicted octanol–water partition coefficient (Wildman–Crippen LogP) is 4.98. The minimum atomic E-state index is -4.54. The highest BCUT2D eigenvalue weighted by molar-refractivity contribution is 7.80. The van der Waals surface area contributed by atoms with E-state index in [0.717, 1.165) is 6.07 Å².